The summed E-state index contributed by atoms with van der Waals surface area (Å²) < 4.78 is 6.12. The molecule has 41 heavy (non-hydrogen) atoms. The molecule has 1 spiro atoms. The molecule has 0 aromatic rings. The number of ketones is 1. The number of fused-ring (bicyclic) bond motifs is 4. The predicted octanol–water partition coefficient (Wildman–Crippen LogP) is 6.01. The van der Waals surface area contributed by atoms with Crippen LogP contribution in [0.4, 0.5) is 0 Å². The van der Waals surface area contributed by atoms with Crippen molar-refractivity contribution in [1.82, 2.24) is 0 Å². The van der Waals surface area contributed by atoms with Gasteiger partial charge in [0.2, 0.25) is 5.78 Å². The molecule has 5 rings (SSSR count). The highest BCUT2D eigenvalue weighted by Gasteiger charge is 2.66. The third kappa shape index (κ3) is 4.21. The number of hydrogen-bond donors (Lipinski definition) is 3. The van der Waals surface area contributed by atoms with E-state index in [0.29, 0.717) is 25.7 Å². The van der Waals surface area contributed by atoms with Crippen molar-refractivity contribution in [1.29, 1.82) is 0 Å². The molecule has 4 aliphatic carbocycles. The molecule has 1 heterocycles. The Morgan fingerprint density at radius 1 is 1.12 bits per heavy atom. The van der Waals surface area contributed by atoms with Gasteiger partial charge in [-0.15, -0.1) is 0 Å². The Hall–Kier alpha value is -2.93. The second-order valence-corrected chi connectivity index (χ2v) is 13.3. The summed E-state index contributed by atoms with van der Waals surface area (Å²) in [5.74, 6) is -3.61. The van der Waals surface area contributed by atoms with Gasteiger partial charge in [-0.25, -0.2) is 9.59 Å². The molecule has 0 aromatic carbocycles. The highest BCUT2D eigenvalue weighted by atomic mass is 16.6. The summed E-state index contributed by atoms with van der Waals surface area (Å²) in [5, 5.41) is 33.6. The van der Waals surface area contributed by atoms with E-state index in [2.05, 4.69) is 24.3 Å². The third-order valence-electron chi connectivity index (χ3n) is 11.2. The van der Waals surface area contributed by atoms with Gasteiger partial charge in [-0.3, -0.25) is 4.79 Å². The number of hydrogen-bond acceptors (Lipinski definition) is 6. The lowest BCUT2D eigenvalue weighted by atomic mass is 9.51. The predicted molar refractivity (Wildman–Crippen MR) is 155 cm³/mol. The fraction of sp³-hybridized carbons (Fsp3) is 0.618. The van der Waals surface area contributed by atoms with E-state index in [9.17, 15) is 29.7 Å². The largest absolute Gasteiger partial charge is 0.511 e. The van der Waals surface area contributed by atoms with E-state index in [-0.39, 0.29) is 47.0 Å². The topological polar surface area (TPSA) is 121 Å². The highest BCUT2D eigenvalue weighted by Crippen LogP contribution is 2.60. The van der Waals surface area contributed by atoms with Crippen LogP contribution in [0.25, 0.3) is 0 Å². The van der Waals surface area contributed by atoms with Gasteiger partial charge in [-0.2, -0.15) is 0 Å². The summed E-state index contributed by atoms with van der Waals surface area (Å²) >= 11 is 0. The fourth-order valence-corrected chi connectivity index (χ4v) is 8.87. The van der Waals surface area contributed by atoms with Crippen molar-refractivity contribution in [3.8, 4) is 0 Å². The Morgan fingerprint density at radius 3 is 2.51 bits per heavy atom. The van der Waals surface area contributed by atoms with Gasteiger partial charge in [0.15, 0.2) is 5.60 Å². The van der Waals surface area contributed by atoms with Gasteiger partial charge < -0.3 is 20.1 Å². The molecule has 222 valence electrons. The zero-order chi connectivity index (χ0) is 29.9. The fourth-order valence-electron chi connectivity index (χ4n) is 8.87. The molecule has 1 saturated heterocycles. The molecular formula is C34H44O7. The molecule has 2 fully saturated rings. The molecule has 2 bridgehead atoms. The summed E-state index contributed by atoms with van der Waals surface area (Å²) in [6.45, 7) is 9.58. The summed E-state index contributed by atoms with van der Waals surface area (Å²) in [7, 11) is 0. The number of ether oxygens (including phenoxy) is 1. The standard InChI is InChI=1S/C34H44O7/c1-6-21-17-34-29(37)26(31(40)41-34)28(36)33(7-2)22(13-14-23-25(33)15-12-20(4)27(23)35)11-9-8-10-19(3)16-32(34,5)18-24(21)30(38)39/h8-9,13-14,16,18,20-23,25,27,35-36H,6-7,10-12,15,17H2,1-5H3,(H,38,39)/b9-8+,19-16+,28-26?. The maximum Gasteiger partial charge on any atom is 0.346 e. The zero-order valence-electron chi connectivity index (χ0n) is 24.9. The van der Waals surface area contributed by atoms with Crippen molar-refractivity contribution in [3.63, 3.8) is 0 Å². The molecule has 0 radical (unpaired) electrons. The van der Waals surface area contributed by atoms with E-state index in [1.54, 1.807) is 13.0 Å². The van der Waals surface area contributed by atoms with Crippen LogP contribution in [-0.4, -0.2) is 44.7 Å². The molecule has 0 amide bonds. The van der Waals surface area contributed by atoms with Crippen molar-refractivity contribution in [3.05, 3.63) is 58.9 Å². The summed E-state index contributed by atoms with van der Waals surface area (Å²) in [6, 6.07) is 0. The zero-order valence-corrected chi connectivity index (χ0v) is 24.9. The average molecular weight is 565 g/mol. The van der Waals surface area contributed by atoms with Crippen molar-refractivity contribution < 1.29 is 34.4 Å². The maximum absolute atomic E-state index is 14.7. The smallest absolute Gasteiger partial charge is 0.346 e. The quantitative estimate of drug-likeness (QED) is 0.218. The lowest BCUT2D eigenvalue weighted by molar-refractivity contribution is -0.162. The monoisotopic (exact) mass is 564 g/mol. The van der Waals surface area contributed by atoms with Gasteiger partial charge in [0.25, 0.3) is 0 Å². The Morgan fingerprint density at radius 2 is 1.85 bits per heavy atom. The number of Topliss-reactive ketones (excluding diaryl/α,β-unsaturated/α-hetero) is 1. The SMILES string of the molecule is CCC1CC23OC(=O)C(=C(O)C4(CC)C(C=CC5C(O)C(C)CCC54)C/C=C/C/C(C)=C/C2(C)C=C1C(=O)O)C3=O. The number of carboxylic acid groups (broad SMARTS) is 1. The number of esters is 1. The van der Waals surface area contributed by atoms with Gasteiger partial charge in [0.1, 0.15) is 11.3 Å². The minimum absolute atomic E-state index is 0.0316. The van der Waals surface area contributed by atoms with Gasteiger partial charge in [-0.05, 0) is 76.0 Å². The first-order chi connectivity index (χ1) is 19.4. The number of carbonyl (C=O) groups is 3. The van der Waals surface area contributed by atoms with E-state index in [1.165, 1.54) is 0 Å². The molecule has 7 nitrogen and oxygen atoms in total. The lowest BCUT2D eigenvalue weighted by Gasteiger charge is -2.54. The first-order valence-corrected chi connectivity index (χ1v) is 15.2. The third-order valence-corrected chi connectivity index (χ3v) is 11.2. The molecular weight excluding hydrogens is 520 g/mol. The normalized spacial score (nSPS) is 44.5. The van der Waals surface area contributed by atoms with Gasteiger partial charge in [-0.1, -0.05) is 62.8 Å². The van der Waals surface area contributed by atoms with E-state index in [1.807, 2.05) is 33.8 Å². The molecule has 7 heteroatoms. The van der Waals surface area contributed by atoms with Crippen molar-refractivity contribution in [2.45, 2.75) is 91.3 Å². The van der Waals surface area contributed by atoms with Crippen molar-refractivity contribution in [2.75, 3.05) is 0 Å². The maximum atomic E-state index is 14.7. The Kier molecular flexibility index (Phi) is 7.50. The van der Waals surface area contributed by atoms with E-state index < -0.39 is 46.2 Å². The minimum atomic E-state index is -1.67. The van der Waals surface area contributed by atoms with Crippen LogP contribution >= 0.6 is 0 Å². The van der Waals surface area contributed by atoms with Crippen LogP contribution in [-0.2, 0) is 19.1 Å². The minimum Gasteiger partial charge on any atom is -0.511 e. The van der Waals surface area contributed by atoms with Crippen LogP contribution in [0.5, 0.6) is 0 Å². The number of carboxylic acids is 1. The molecule has 1 aliphatic heterocycles. The van der Waals surface area contributed by atoms with Crippen LogP contribution in [0, 0.1) is 40.4 Å². The molecule has 3 N–H and O–H groups in total. The number of rotatable bonds is 3. The molecule has 1 saturated carbocycles. The molecule has 9 unspecified atom stereocenters. The van der Waals surface area contributed by atoms with E-state index >= 15 is 0 Å². The van der Waals surface area contributed by atoms with Gasteiger partial charge >= 0.3 is 11.9 Å². The van der Waals surface area contributed by atoms with Crippen LogP contribution in [0.2, 0.25) is 0 Å². The first kappa shape index (κ1) is 29.6. The van der Waals surface area contributed by atoms with Crippen LogP contribution in [0.15, 0.2) is 58.9 Å². The average Bonchev–Trinajstić information content (AvgIpc) is 3.18. The Labute approximate surface area is 242 Å². The Bertz CT molecular complexity index is 1300. The van der Waals surface area contributed by atoms with E-state index in [0.717, 1.165) is 18.4 Å². The van der Waals surface area contributed by atoms with Gasteiger partial charge in [0.05, 0.1) is 11.5 Å². The highest BCUT2D eigenvalue weighted by molar-refractivity contribution is 6.26. The molecule has 0 aromatic heterocycles. The Balaban J connectivity index is 1.78. The van der Waals surface area contributed by atoms with Crippen LogP contribution in [0.1, 0.15) is 79.6 Å². The molecule has 9 atom stereocenters. The van der Waals surface area contributed by atoms with E-state index in [4.69, 9.17) is 4.74 Å². The van der Waals surface area contributed by atoms with Crippen molar-refractivity contribution in [2.24, 2.45) is 40.4 Å². The summed E-state index contributed by atoms with van der Waals surface area (Å²) in [5.41, 5.74) is -2.99. The second kappa shape index (κ2) is 10.4. The number of carbonyl (C=O) groups excluding carboxylic acids is 2. The summed E-state index contributed by atoms with van der Waals surface area (Å²) in [6.07, 6.45) is 14.9. The molecule has 5 aliphatic rings. The van der Waals surface area contributed by atoms with Crippen molar-refractivity contribution >= 4 is 17.7 Å². The van der Waals surface area contributed by atoms with Gasteiger partial charge in [0, 0.05) is 23.3 Å². The number of allylic oxidation sites excluding steroid dienone is 5. The number of aliphatic carboxylic acids is 1. The van der Waals surface area contributed by atoms with Crippen LogP contribution < -0.4 is 0 Å². The number of aliphatic hydroxyl groups is 2. The lowest BCUT2D eigenvalue weighted by Crippen LogP contribution is -2.55. The first-order valence-electron chi connectivity index (χ1n) is 15.2. The second-order valence-electron chi connectivity index (χ2n) is 13.3. The van der Waals surface area contributed by atoms with Crippen LogP contribution in [0.3, 0.4) is 0 Å². The summed E-state index contributed by atoms with van der Waals surface area (Å²) in [4.78, 5) is 40.8. The number of aliphatic hydroxyl groups excluding tert-OH is 2.